The topological polar surface area (TPSA) is 74.6 Å². The van der Waals surface area contributed by atoms with E-state index in [-0.39, 0.29) is 30.3 Å². The van der Waals surface area contributed by atoms with Gasteiger partial charge in [0, 0.05) is 34.0 Å². The maximum atomic E-state index is 12.8. The zero-order valence-electron chi connectivity index (χ0n) is 17.3. The molecule has 1 fully saturated rings. The SMILES string of the molecule is CCn1c2ccccc2c2cc(NC(=O)C(C)N3CCC(C(=O)O)CC3)ccc21.Cl. The van der Waals surface area contributed by atoms with Crippen LogP contribution in [-0.2, 0) is 16.1 Å². The highest BCUT2D eigenvalue weighted by atomic mass is 35.5. The van der Waals surface area contributed by atoms with Crippen molar-refractivity contribution in [3.63, 3.8) is 0 Å². The van der Waals surface area contributed by atoms with E-state index in [4.69, 9.17) is 5.11 Å². The van der Waals surface area contributed by atoms with Crippen LogP contribution in [0.3, 0.4) is 0 Å². The summed E-state index contributed by atoms with van der Waals surface area (Å²) >= 11 is 0. The van der Waals surface area contributed by atoms with Gasteiger partial charge in [-0.1, -0.05) is 18.2 Å². The van der Waals surface area contributed by atoms with Gasteiger partial charge in [-0.2, -0.15) is 0 Å². The number of hydrogen-bond acceptors (Lipinski definition) is 3. The van der Waals surface area contributed by atoms with Crippen LogP contribution in [0.25, 0.3) is 21.8 Å². The van der Waals surface area contributed by atoms with E-state index in [0.717, 1.165) is 23.1 Å². The summed E-state index contributed by atoms with van der Waals surface area (Å²) in [7, 11) is 0. The number of nitrogens with zero attached hydrogens (tertiary/aromatic N) is 2. The van der Waals surface area contributed by atoms with Crippen molar-refractivity contribution in [3.05, 3.63) is 42.5 Å². The first-order valence-corrected chi connectivity index (χ1v) is 10.3. The number of fused-ring (bicyclic) bond motifs is 3. The molecule has 160 valence electrons. The number of rotatable bonds is 5. The maximum absolute atomic E-state index is 12.8. The molecule has 4 rings (SSSR count). The first-order chi connectivity index (χ1) is 14.0. The molecule has 2 aromatic carbocycles. The summed E-state index contributed by atoms with van der Waals surface area (Å²) < 4.78 is 2.28. The molecule has 0 radical (unpaired) electrons. The van der Waals surface area contributed by atoms with Crippen molar-refractivity contribution < 1.29 is 14.7 Å². The minimum atomic E-state index is -0.735. The maximum Gasteiger partial charge on any atom is 0.306 e. The fourth-order valence-electron chi connectivity index (χ4n) is 4.42. The van der Waals surface area contributed by atoms with Crippen molar-refractivity contribution in [2.75, 3.05) is 18.4 Å². The predicted molar refractivity (Wildman–Crippen MR) is 122 cm³/mol. The Bertz CT molecular complexity index is 1070. The zero-order valence-corrected chi connectivity index (χ0v) is 18.1. The van der Waals surface area contributed by atoms with Gasteiger partial charge in [0.25, 0.3) is 0 Å². The molecule has 1 amide bonds. The number of carbonyl (C=O) groups excluding carboxylic acids is 1. The third-order valence-corrected chi connectivity index (χ3v) is 6.16. The summed E-state index contributed by atoms with van der Waals surface area (Å²) in [5.41, 5.74) is 3.15. The molecular weight excluding hydrogens is 402 g/mol. The largest absolute Gasteiger partial charge is 0.481 e. The van der Waals surface area contributed by atoms with Gasteiger partial charge in [0.15, 0.2) is 0 Å². The van der Waals surface area contributed by atoms with Crippen molar-refractivity contribution in [1.29, 1.82) is 0 Å². The number of nitrogens with one attached hydrogen (secondary N) is 1. The van der Waals surface area contributed by atoms with Gasteiger partial charge in [-0.3, -0.25) is 14.5 Å². The third kappa shape index (κ3) is 4.02. The monoisotopic (exact) mass is 429 g/mol. The lowest BCUT2D eigenvalue weighted by Gasteiger charge is -2.33. The molecule has 7 heteroatoms. The molecular formula is C23H28ClN3O3. The smallest absolute Gasteiger partial charge is 0.306 e. The highest BCUT2D eigenvalue weighted by molar-refractivity contribution is 6.10. The third-order valence-electron chi connectivity index (χ3n) is 6.16. The highest BCUT2D eigenvalue weighted by Gasteiger charge is 2.29. The average molecular weight is 430 g/mol. The number of likely N-dealkylation sites (tertiary alicyclic amines) is 1. The fourth-order valence-corrected chi connectivity index (χ4v) is 4.42. The van der Waals surface area contributed by atoms with Gasteiger partial charge in [-0.25, -0.2) is 0 Å². The highest BCUT2D eigenvalue weighted by Crippen LogP contribution is 2.31. The number of anilines is 1. The molecule has 1 aliphatic rings. The second kappa shape index (κ2) is 9.06. The summed E-state index contributed by atoms with van der Waals surface area (Å²) in [6.45, 7) is 6.18. The van der Waals surface area contributed by atoms with Gasteiger partial charge >= 0.3 is 5.97 Å². The standard InChI is InChI=1S/C23H27N3O3.ClH/c1-3-26-20-7-5-4-6-18(20)19-14-17(8-9-21(19)26)24-22(27)15(2)25-12-10-16(11-13-25)23(28)29;/h4-9,14-16H,3,10-13H2,1-2H3,(H,24,27)(H,28,29);1H. The van der Waals surface area contributed by atoms with Gasteiger partial charge in [-0.05, 0) is 64.0 Å². The van der Waals surface area contributed by atoms with E-state index in [1.165, 1.54) is 10.9 Å². The van der Waals surface area contributed by atoms with Crippen LogP contribution in [-0.4, -0.2) is 45.6 Å². The van der Waals surface area contributed by atoms with Crippen LogP contribution in [0.15, 0.2) is 42.5 Å². The second-order valence-electron chi connectivity index (χ2n) is 7.81. The van der Waals surface area contributed by atoms with Crippen molar-refractivity contribution in [1.82, 2.24) is 9.47 Å². The summed E-state index contributed by atoms with van der Waals surface area (Å²) in [5, 5.41) is 14.5. The number of halogens is 1. The summed E-state index contributed by atoms with van der Waals surface area (Å²) in [4.78, 5) is 26.0. The van der Waals surface area contributed by atoms with E-state index < -0.39 is 5.97 Å². The number of hydrogen-bond donors (Lipinski definition) is 2. The van der Waals surface area contributed by atoms with Crippen LogP contribution >= 0.6 is 12.4 Å². The van der Waals surface area contributed by atoms with Gasteiger partial charge in [-0.15, -0.1) is 12.4 Å². The number of aliphatic carboxylic acids is 1. The molecule has 1 atom stereocenters. The summed E-state index contributed by atoms with van der Waals surface area (Å²) in [6, 6.07) is 14.1. The Morgan fingerprint density at radius 2 is 1.77 bits per heavy atom. The van der Waals surface area contributed by atoms with Crippen LogP contribution in [0.2, 0.25) is 0 Å². The Morgan fingerprint density at radius 3 is 2.43 bits per heavy atom. The Balaban J connectivity index is 0.00000256. The van der Waals surface area contributed by atoms with Gasteiger partial charge < -0.3 is 15.0 Å². The van der Waals surface area contributed by atoms with Crippen molar-refractivity contribution >= 4 is 51.8 Å². The average Bonchev–Trinajstić information content (AvgIpc) is 3.06. The number of carbonyl (C=O) groups is 2. The molecule has 0 spiro atoms. The number of aromatic nitrogens is 1. The Morgan fingerprint density at radius 1 is 1.10 bits per heavy atom. The Hall–Kier alpha value is -2.57. The molecule has 0 bridgehead atoms. The van der Waals surface area contributed by atoms with E-state index in [1.54, 1.807) is 0 Å². The van der Waals surface area contributed by atoms with Crippen molar-refractivity contribution in [2.45, 2.75) is 39.3 Å². The summed E-state index contributed by atoms with van der Waals surface area (Å²) in [5.74, 6) is -1.08. The zero-order chi connectivity index (χ0) is 20.5. The quantitative estimate of drug-likeness (QED) is 0.631. The molecule has 1 saturated heterocycles. The van der Waals surface area contributed by atoms with Crippen LogP contribution in [0, 0.1) is 5.92 Å². The Kier molecular flexibility index (Phi) is 6.68. The lowest BCUT2D eigenvalue weighted by molar-refractivity contribution is -0.143. The molecule has 0 aliphatic carbocycles. The molecule has 30 heavy (non-hydrogen) atoms. The van der Waals surface area contributed by atoms with E-state index in [2.05, 4.69) is 39.9 Å². The molecule has 2 N–H and O–H groups in total. The molecule has 2 heterocycles. The number of carboxylic acid groups (broad SMARTS) is 1. The molecule has 0 saturated carbocycles. The van der Waals surface area contributed by atoms with Crippen molar-refractivity contribution in [2.24, 2.45) is 5.92 Å². The van der Waals surface area contributed by atoms with Crippen molar-refractivity contribution in [3.8, 4) is 0 Å². The van der Waals surface area contributed by atoms with Crippen LogP contribution in [0.5, 0.6) is 0 Å². The number of para-hydroxylation sites is 1. The van der Waals surface area contributed by atoms with E-state index >= 15 is 0 Å². The van der Waals surface area contributed by atoms with Gasteiger partial charge in [0.1, 0.15) is 0 Å². The normalized spacial score (nSPS) is 16.3. The number of amides is 1. The molecule has 1 aromatic heterocycles. The Labute approximate surface area is 182 Å². The van der Waals surface area contributed by atoms with E-state index in [0.29, 0.717) is 25.9 Å². The molecule has 1 aliphatic heterocycles. The second-order valence-corrected chi connectivity index (χ2v) is 7.81. The predicted octanol–water partition coefficient (Wildman–Crippen LogP) is 4.36. The minimum Gasteiger partial charge on any atom is -0.481 e. The number of carboxylic acids is 1. The first-order valence-electron chi connectivity index (χ1n) is 10.3. The van der Waals surface area contributed by atoms with E-state index in [1.807, 2.05) is 31.2 Å². The van der Waals surface area contributed by atoms with Crippen LogP contribution in [0.4, 0.5) is 5.69 Å². The lowest BCUT2D eigenvalue weighted by atomic mass is 9.96. The number of piperidine rings is 1. The van der Waals surface area contributed by atoms with E-state index in [9.17, 15) is 9.59 Å². The molecule has 1 unspecified atom stereocenters. The lowest BCUT2D eigenvalue weighted by Crippen LogP contribution is -2.46. The number of aryl methyl sites for hydroxylation is 1. The number of benzene rings is 2. The summed E-state index contributed by atoms with van der Waals surface area (Å²) in [6.07, 6.45) is 1.19. The molecule has 3 aromatic rings. The minimum absolute atomic E-state index is 0. The fraction of sp³-hybridized carbons (Fsp3) is 0.391. The van der Waals surface area contributed by atoms with Crippen LogP contribution < -0.4 is 5.32 Å². The van der Waals surface area contributed by atoms with Crippen LogP contribution in [0.1, 0.15) is 26.7 Å². The first kappa shape index (κ1) is 22.1. The molecule has 6 nitrogen and oxygen atoms in total. The van der Waals surface area contributed by atoms with Gasteiger partial charge in [0.05, 0.1) is 12.0 Å². The van der Waals surface area contributed by atoms with Gasteiger partial charge in [0.2, 0.25) is 5.91 Å².